The van der Waals surface area contributed by atoms with E-state index in [-0.39, 0.29) is 0 Å². The summed E-state index contributed by atoms with van der Waals surface area (Å²) in [5.74, 6) is 0. The molecule has 0 radical (unpaired) electrons. The van der Waals surface area contributed by atoms with E-state index in [0.717, 1.165) is 0 Å². The molecular formula is C19H56N12P4. The molecule has 0 aliphatic heterocycles. The molecule has 0 aromatic carbocycles. The number of hydrogen-bond acceptors (Lipinski definition) is 3. The highest BCUT2D eigenvalue weighted by atomic mass is 31.3. The van der Waals surface area contributed by atoms with Crippen molar-refractivity contribution in [1.29, 1.82) is 0 Å². The maximum absolute atomic E-state index is 5.65. The Kier molecular flexibility index (Phi) is 13.4. The first-order chi connectivity index (χ1) is 15.6. The molecule has 0 saturated carbocycles. The summed E-state index contributed by atoms with van der Waals surface area (Å²) in [7, 11) is 27.6. The second kappa shape index (κ2) is 13.1. The van der Waals surface area contributed by atoms with Crippen molar-refractivity contribution in [2.45, 2.75) is 0 Å². The molecule has 0 fully saturated rings. The van der Waals surface area contributed by atoms with Gasteiger partial charge in [0.2, 0.25) is 7.34 Å². The lowest BCUT2D eigenvalue weighted by Gasteiger charge is -2.46. The van der Waals surface area contributed by atoms with Gasteiger partial charge in [-0.15, -0.1) is 0 Å². The predicted octanol–water partition coefficient (Wildman–Crippen LogP) is 4.07. The van der Waals surface area contributed by atoms with Gasteiger partial charge in [-0.05, 0) is 133 Å². The molecule has 0 aliphatic carbocycles. The van der Waals surface area contributed by atoms with E-state index in [1.165, 1.54) is 0 Å². The molecule has 0 saturated heterocycles. The number of rotatable bonds is 12. The van der Waals surface area contributed by atoms with Crippen LogP contribution >= 0.6 is 29.9 Å². The van der Waals surface area contributed by atoms with Crippen LogP contribution in [0.1, 0.15) is 0 Å². The minimum absolute atomic E-state index is 2.08. The van der Waals surface area contributed by atoms with E-state index >= 15 is 0 Å². The first-order valence-corrected chi connectivity index (χ1v) is 18.0. The van der Waals surface area contributed by atoms with Crippen molar-refractivity contribution >= 4 is 36.2 Å². The van der Waals surface area contributed by atoms with Crippen LogP contribution in [-0.4, -0.2) is 175 Å². The quantitative estimate of drug-likeness (QED) is 0.320. The largest absolute Gasteiger partial charge is 0.252 e. The smallest absolute Gasteiger partial charge is 0.208 e. The lowest BCUT2D eigenvalue weighted by atomic mass is 11.2. The molecular weight excluding hydrogens is 520 g/mol. The van der Waals surface area contributed by atoms with Gasteiger partial charge in [-0.2, -0.15) is 13.5 Å². The SMILES string of the molecule is C=P(N=P(N(C)C)(N(C)C)N(C)C)(N=P(N(C)C)(N(C)C)N(C)C)N=P(N(C)C)(N(C)C)N(C)C. The molecule has 16 heteroatoms. The van der Waals surface area contributed by atoms with E-state index in [1.54, 1.807) is 0 Å². The Morgan fingerprint density at radius 2 is 0.429 bits per heavy atom. The summed E-state index contributed by atoms with van der Waals surface area (Å²) in [6.07, 6.45) is 4.82. The minimum atomic E-state index is -2.92. The molecule has 0 unspecified atom stereocenters. The summed E-state index contributed by atoms with van der Waals surface area (Å²) < 4.78 is 36.8. The third-order valence-corrected chi connectivity index (χ3v) is 21.6. The summed E-state index contributed by atoms with van der Waals surface area (Å²) in [5, 5.41) is 0. The first kappa shape index (κ1) is 35.6. The Balaban J connectivity index is 8.54. The van der Waals surface area contributed by atoms with Crippen molar-refractivity contribution in [3.8, 4) is 0 Å². The molecule has 0 rings (SSSR count). The second-order valence-electron chi connectivity index (χ2n) is 10.2. The molecule has 212 valence electrons. The second-order valence-corrected chi connectivity index (χ2v) is 24.1. The Bertz CT molecular complexity index is 704. The van der Waals surface area contributed by atoms with Crippen LogP contribution < -0.4 is 0 Å². The topological polar surface area (TPSA) is 66.2 Å². The van der Waals surface area contributed by atoms with Gasteiger partial charge in [-0.25, -0.2) is 0 Å². The van der Waals surface area contributed by atoms with Gasteiger partial charge in [0.05, 0.1) is 0 Å². The summed E-state index contributed by atoms with van der Waals surface area (Å²) in [4.78, 5) is 0. The van der Waals surface area contributed by atoms with Gasteiger partial charge >= 0.3 is 0 Å². The van der Waals surface area contributed by atoms with Crippen LogP contribution in [0.3, 0.4) is 0 Å². The van der Waals surface area contributed by atoms with Crippen molar-refractivity contribution in [3.05, 3.63) is 0 Å². The third-order valence-electron chi connectivity index (χ3n) is 5.62. The molecule has 0 atom stereocenters. The van der Waals surface area contributed by atoms with E-state index in [0.29, 0.717) is 0 Å². The highest BCUT2D eigenvalue weighted by Crippen LogP contribution is 2.76. The van der Waals surface area contributed by atoms with Gasteiger partial charge in [-0.3, -0.25) is 42.0 Å². The van der Waals surface area contributed by atoms with Crippen molar-refractivity contribution < 1.29 is 0 Å². The van der Waals surface area contributed by atoms with Crippen LogP contribution in [0.4, 0.5) is 0 Å². The monoisotopic (exact) mass is 576 g/mol. The summed E-state index contributed by atoms with van der Waals surface area (Å²) in [6.45, 7) is 0. The van der Waals surface area contributed by atoms with Crippen molar-refractivity contribution in [2.75, 3.05) is 127 Å². The number of hydrogen-bond donors (Lipinski definition) is 0. The average Bonchev–Trinajstić information content (AvgIpc) is 2.66. The van der Waals surface area contributed by atoms with Gasteiger partial charge in [0.25, 0.3) is 0 Å². The fourth-order valence-electron chi connectivity index (χ4n) is 4.57. The molecule has 0 heterocycles. The molecule has 0 aromatic rings. The predicted molar refractivity (Wildman–Crippen MR) is 165 cm³/mol. The standard InChI is InChI=1S/C19H56N12P4/c1-23(2)33(24(3)4,25(5)6)20-32(19,21-34(26(7)8,27(9)10)28(11)12)22-35(29(13)14,30(15)16)31(17)18/h19H2,1-18H3. The lowest BCUT2D eigenvalue weighted by molar-refractivity contribution is 0.472. The zero-order valence-corrected chi connectivity index (χ0v) is 29.4. The van der Waals surface area contributed by atoms with Crippen LogP contribution in [-0.2, 0) is 0 Å². The summed E-state index contributed by atoms with van der Waals surface area (Å²) >= 11 is 0. The molecule has 0 bridgehead atoms. The maximum Gasteiger partial charge on any atom is 0.208 e. The zero-order valence-electron chi connectivity index (χ0n) is 25.9. The van der Waals surface area contributed by atoms with Crippen molar-refractivity contribution in [3.63, 3.8) is 0 Å². The van der Waals surface area contributed by atoms with Crippen molar-refractivity contribution in [2.24, 2.45) is 13.5 Å². The van der Waals surface area contributed by atoms with Crippen molar-refractivity contribution in [1.82, 2.24) is 42.0 Å². The van der Waals surface area contributed by atoms with E-state index < -0.39 is 29.9 Å². The molecule has 0 aliphatic rings. The van der Waals surface area contributed by atoms with Gasteiger partial charge in [0, 0.05) is 0 Å². The van der Waals surface area contributed by atoms with Gasteiger partial charge in [-0.1, -0.05) is 0 Å². The fourth-order valence-corrected chi connectivity index (χ4v) is 22.8. The molecule has 35 heavy (non-hydrogen) atoms. The Morgan fingerprint density at radius 3 is 0.514 bits per heavy atom. The van der Waals surface area contributed by atoms with Gasteiger partial charge in [0.15, 0.2) is 22.5 Å². The molecule has 0 spiro atoms. The fraction of sp³-hybridized carbons (Fsp3) is 0.947. The van der Waals surface area contributed by atoms with Gasteiger partial charge < -0.3 is 0 Å². The number of nitrogens with zero attached hydrogens (tertiary/aromatic N) is 12. The van der Waals surface area contributed by atoms with E-state index in [4.69, 9.17) is 19.8 Å². The molecule has 0 aromatic heterocycles. The van der Waals surface area contributed by atoms with E-state index in [9.17, 15) is 0 Å². The van der Waals surface area contributed by atoms with Crippen LogP contribution in [0.25, 0.3) is 0 Å². The highest BCUT2D eigenvalue weighted by molar-refractivity contribution is 7.84. The van der Waals surface area contributed by atoms with Gasteiger partial charge in [0.1, 0.15) is 0 Å². The normalized spacial score (nSPS) is 14.7. The lowest BCUT2D eigenvalue weighted by Crippen LogP contribution is -2.32. The molecule has 0 N–H and O–H groups in total. The zero-order chi connectivity index (χ0) is 28.3. The molecule has 0 amide bonds. The van der Waals surface area contributed by atoms with E-state index in [2.05, 4.69) is 169 Å². The summed E-state index contributed by atoms with van der Waals surface area (Å²) in [6, 6.07) is 0. The molecule has 12 nitrogen and oxygen atoms in total. The third kappa shape index (κ3) is 6.99. The Morgan fingerprint density at radius 1 is 0.314 bits per heavy atom. The van der Waals surface area contributed by atoms with Crippen LogP contribution in [0, 0.1) is 0 Å². The van der Waals surface area contributed by atoms with Crippen LogP contribution in [0.2, 0.25) is 0 Å². The Labute approximate surface area is 218 Å². The maximum atomic E-state index is 5.65. The van der Waals surface area contributed by atoms with Crippen LogP contribution in [0.5, 0.6) is 0 Å². The average molecular weight is 577 g/mol. The highest BCUT2D eigenvalue weighted by Gasteiger charge is 2.38. The first-order valence-electron chi connectivity index (χ1n) is 11.4. The van der Waals surface area contributed by atoms with Crippen LogP contribution in [0.15, 0.2) is 13.5 Å². The van der Waals surface area contributed by atoms with E-state index in [1.807, 2.05) is 0 Å². The summed E-state index contributed by atoms with van der Waals surface area (Å²) in [5.41, 5.74) is 0. The Hall–Kier alpha value is 0.630. The minimum Gasteiger partial charge on any atom is -0.252 e.